The number of hydrogen-bond donors (Lipinski definition) is 2. The molecule has 0 bridgehead atoms. The molecule has 0 aromatic heterocycles. The van der Waals surface area contributed by atoms with Gasteiger partial charge in [-0.3, -0.25) is 4.99 Å². The second-order valence-electron chi connectivity index (χ2n) is 6.25. The molecule has 1 aromatic carbocycles. The van der Waals surface area contributed by atoms with Crippen LogP contribution >= 0.6 is 24.0 Å². The van der Waals surface area contributed by atoms with Gasteiger partial charge in [0, 0.05) is 27.2 Å². The number of benzene rings is 1. The molecule has 0 aliphatic carbocycles. The van der Waals surface area contributed by atoms with Crippen LogP contribution in [0.5, 0.6) is 5.75 Å². The number of guanidine groups is 1. The van der Waals surface area contributed by atoms with E-state index in [0.29, 0.717) is 13.1 Å². The number of rotatable bonds is 6. The Hall–Kier alpha value is -1.02. The van der Waals surface area contributed by atoms with Crippen LogP contribution in [-0.2, 0) is 11.3 Å². The van der Waals surface area contributed by atoms with Crippen molar-refractivity contribution in [2.45, 2.75) is 33.4 Å². The van der Waals surface area contributed by atoms with Crippen molar-refractivity contribution in [2.75, 3.05) is 27.8 Å². The standard InChI is InChI=1S/C17H29N3O2.HI/c1-17(2,3)15(22-6)12-20-16(18-4)19-11-13-7-9-14(21-5)10-8-13;/h7-10,15H,11-12H2,1-6H3,(H2,18,19,20);1H. The minimum absolute atomic E-state index is 0. The quantitative estimate of drug-likeness (QED) is 0.410. The van der Waals surface area contributed by atoms with Gasteiger partial charge in [0.15, 0.2) is 5.96 Å². The SMILES string of the molecule is CN=C(NCc1ccc(OC)cc1)NCC(OC)C(C)(C)C.I. The maximum absolute atomic E-state index is 5.54. The van der Waals surface area contributed by atoms with Crippen molar-refractivity contribution < 1.29 is 9.47 Å². The van der Waals surface area contributed by atoms with Gasteiger partial charge in [-0.1, -0.05) is 32.9 Å². The molecule has 2 N–H and O–H groups in total. The van der Waals surface area contributed by atoms with Crippen molar-refractivity contribution in [3.8, 4) is 5.75 Å². The maximum atomic E-state index is 5.54. The largest absolute Gasteiger partial charge is 0.497 e. The van der Waals surface area contributed by atoms with Crippen molar-refractivity contribution in [1.29, 1.82) is 0 Å². The molecule has 0 radical (unpaired) electrons. The molecule has 0 saturated carbocycles. The molecule has 1 rings (SSSR count). The van der Waals surface area contributed by atoms with Crippen LogP contribution in [0.2, 0.25) is 0 Å². The molecule has 0 spiro atoms. The van der Waals surface area contributed by atoms with E-state index >= 15 is 0 Å². The first-order valence-electron chi connectivity index (χ1n) is 7.51. The number of nitrogens with one attached hydrogen (secondary N) is 2. The summed E-state index contributed by atoms with van der Waals surface area (Å²) >= 11 is 0. The lowest BCUT2D eigenvalue weighted by Crippen LogP contribution is -2.45. The van der Waals surface area contributed by atoms with E-state index in [9.17, 15) is 0 Å². The average molecular weight is 435 g/mol. The molecule has 6 heteroatoms. The third kappa shape index (κ3) is 7.87. The zero-order valence-corrected chi connectivity index (χ0v) is 17.3. The molecule has 0 saturated heterocycles. The van der Waals surface area contributed by atoms with Gasteiger partial charge in [0.25, 0.3) is 0 Å². The topological polar surface area (TPSA) is 54.9 Å². The summed E-state index contributed by atoms with van der Waals surface area (Å²) in [6, 6.07) is 7.97. The first-order chi connectivity index (χ1) is 10.4. The van der Waals surface area contributed by atoms with Gasteiger partial charge in [0.05, 0.1) is 13.2 Å². The average Bonchev–Trinajstić information content (AvgIpc) is 2.50. The molecule has 5 nitrogen and oxygen atoms in total. The van der Waals surface area contributed by atoms with Crippen LogP contribution in [0.25, 0.3) is 0 Å². The summed E-state index contributed by atoms with van der Waals surface area (Å²) in [6.45, 7) is 7.91. The number of nitrogens with zero attached hydrogens (tertiary/aromatic N) is 1. The molecule has 0 aliphatic rings. The normalized spacial score (nSPS) is 13.0. The smallest absolute Gasteiger partial charge is 0.191 e. The molecule has 1 aromatic rings. The van der Waals surface area contributed by atoms with Gasteiger partial charge in [-0.2, -0.15) is 0 Å². The third-order valence-electron chi connectivity index (χ3n) is 3.55. The van der Waals surface area contributed by atoms with Crippen molar-refractivity contribution >= 4 is 29.9 Å². The van der Waals surface area contributed by atoms with E-state index < -0.39 is 0 Å². The first-order valence-corrected chi connectivity index (χ1v) is 7.51. The van der Waals surface area contributed by atoms with Crippen LogP contribution in [0.4, 0.5) is 0 Å². The summed E-state index contributed by atoms with van der Waals surface area (Å²) in [5, 5.41) is 6.61. The lowest BCUT2D eigenvalue weighted by Gasteiger charge is -2.30. The molecular weight excluding hydrogens is 405 g/mol. The van der Waals surface area contributed by atoms with E-state index in [-0.39, 0.29) is 35.5 Å². The lowest BCUT2D eigenvalue weighted by atomic mass is 9.89. The van der Waals surface area contributed by atoms with E-state index in [4.69, 9.17) is 9.47 Å². The fourth-order valence-corrected chi connectivity index (χ4v) is 2.08. The van der Waals surface area contributed by atoms with Crippen molar-refractivity contribution in [3.63, 3.8) is 0 Å². The number of ether oxygens (including phenoxy) is 2. The highest BCUT2D eigenvalue weighted by atomic mass is 127. The molecule has 0 heterocycles. The number of methoxy groups -OCH3 is 2. The number of halogens is 1. The number of aliphatic imine (C=N–C) groups is 1. The van der Waals surface area contributed by atoms with Gasteiger partial charge in [-0.25, -0.2) is 0 Å². The summed E-state index contributed by atoms with van der Waals surface area (Å²) < 4.78 is 10.7. The Kier molecular flexibility index (Phi) is 10.2. The third-order valence-corrected chi connectivity index (χ3v) is 3.55. The summed E-state index contributed by atoms with van der Waals surface area (Å²) in [6.07, 6.45) is 0.118. The molecular formula is C17H30IN3O2. The van der Waals surface area contributed by atoms with E-state index in [1.807, 2.05) is 24.3 Å². The van der Waals surface area contributed by atoms with Crippen LogP contribution in [0.15, 0.2) is 29.3 Å². The molecule has 0 amide bonds. The predicted octanol–water partition coefficient (Wildman–Crippen LogP) is 3.04. The Morgan fingerprint density at radius 3 is 2.17 bits per heavy atom. The summed E-state index contributed by atoms with van der Waals surface area (Å²) in [4.78, 5) is 4.24. The van der Waals surface area contributed by atoms with Crippen molar-refractivity contribution in [2.24, 2.45) is 10.4 Å². The van der Waals surface area contributed by atoms with Crippen LogP contribution in [0.3, 0.4) is 0 Å². The molecule has 1 unspecified atom stereocenters. The minimum Gasteiger partial charge on any atom is -0.497 e. The Morgan fingerprint density at radius 2 is 1.74 bits per heavy atom. The zero-order valence-electron chi connectivity index (χ0n) is 15.0. The maximum Gasteiger partial charge on any atom is 0.191 e. The van der Waals surface area contributed by atoms with E-state index in [2.05, 4.69) is 36.4 Å². The Bertz CT molecular complexity index is 470. The Labute approximate surface area is 157 Å². The molecule has 0 fully saturated rings. The van der Waals surface area contributed by atoms with E-state index in [1.165, 1.54) is 5.56 Å². The van der Waals surface area contributed by atoms with Gasteiger partial charge in [-0.05, 0) is 23.1 Å². The highest BCUT2D eigenvalue weighted by Gasteiger charge is 2.24. The highest BCUT2D eigenvalue weighted by molar-refractivity contribution is 14.0. The monoisotopic (exact) mass is 435 g/mol. The zero-order chi connectivity index (χ0) is 16.6. The van der Waals surface area contributed by atoms with Gasteiger partial charge >= 0.3 is 0 Å². The molecule has 1 atom stereocenters. The van der Waals surface area contributed by atoms with Crippen molar-refractivity contribution in [1.82, 2.24) is 10.6 Å². The van der Waals surface area contributed by atoms with Gasteiger partial charge in [-0.15, -0.1) is 24.0 Å². The summed E-state index contributed by atoms with van der Waals surface area (Å²) in [7, 11) is 5.17. The Morgan fingerprint density at radius 1 is 1.13 bits per heavy atom. The van der Waals surface area contributed by atoms with Gasteiger partial charge < -0.3 is 20.1 Å². The van der Waals surface area contributed by atoms with Crippen LogP contribution < -0.4 is 15.4 Å². The lowest BCUT2D eigenvalue weighted by molar-refractivity contribution is 0.0205. The Balaban J connectivity index is 0.00000484. The van der Waals surface area contributed by atoms with Crippen molar-refractivity contribution in [3.05, 3.63) is 29.8 Å². The molecule has 132 valence electrons. The second kappa shape index (κ2) is 10.7. The fourth-order valence-electron chi connectivity index (χ4n) is 2.08. The minimum atomic E-state index is 0. The predicted molar refractivity (Wildman–Crippen MR) is 107 cm³/mol. The van der Waals surface area contributed by atoms with Gasteiger partial charge in [0.1, 0.15) is 5.75 Å². The molecule has 23 heavy (non-hydrogen) atoms. The van der Waals surface area contributed by atoms with Gasteiger partial charge in [0.2, 0.25) is 0 Å². The fraction of sp³-hybridized carbons (Fsp3) is 0.588. The van der Waals surface area contributed by atoms with Crippen LogP contribution in [-0.4, -0.2) is 39.9 Å². The highest BCUT2D eigenvalue weighted by Crippen LogP contribution is 2.20. The second-order valence-corrected chi connectivity index (χ2v) is 6.25. The number of hydrogen-bond acceptors (Lipinski definition) is 3. The molecule has 0 aliphatic heterocycles. The summed E-state index contributed by atoms with van der Waals surface area (Å²) in [5.74, 6) is 1.63. The summed E-state index contributed by atoms with van der Waals surface area (Å²) in [5.41, 5.74) is 1.25. The van der Waals surface area contributed by atoms with Crippen LogP contribution in [0, 0.1) is 5.41 Å². The first kappa shape index (κ1) is 22.0. The van der Waals surface area contributed by atoms with Crippen LogP contribution in [0.1, 0.15) is 26.3 Å². The van der Waals surface area contributed by atoms with E-state index in [1.54, 1.807) is 21.3 Å². The van der Waals surface area contributed by atoms with E-state index in [0.717, 1.165) is 11.7 Å².